The summed E-state index contributed by atoms with van der Waals surface area (Å²) >= 11 is 0. The first-order valence-electron chi connectivity index (χ1n) is 16.5. The van der Waals surface area contributed by atoms with Crippen molar-refractivity contribution in [2.24, 2.45) is 23.0 Å². The summed E-state index contributed by atoms with van der Waals surface area (Å²) in [5, 5.41) is 3.18. The van der Waals surface area contributed by atoms with Gasteiger partial charge in [0.1, 0.15) is 12.1 Å². The van der Waals surface area contributed by atoms with Crippen molar-refractivity contribution < 1.29 is 19.2 Å². The summed E-state index contributed by atoms with van der Waals surface area (Å²) < 4.78 is 0. The molecule has 4 amide bonds. The maximum Gasteiger partial charge on any atom is 0.245 e. The number of likely N-dealkylation sites (N-methyl/N-ethyl adjacent to an activating group) is 1. The summed E-state index contributed by atoms with van der Waals surface area (Å²) in [5.74, 6) is -0.941. The molecule has 2 aliphatic heterocycles. The highest BCUT2D eigenvalue weighted by atomic mass is 16.2. The number of amides is 4. The van der Waals surface area contributed by atoms with Crippen LogP contribution in [0.2, 0.25) is 0 Å². The van der Waals surface area contributed by atoms with E-state index in [2.05, 4.69) is 50.0 Å². The van der Waals surface area contributed by atoms with Crippen molar-refractivity contribution in [1.29, 1.82) is 0 Å². The minimum Gasteiger partial charge on any atom is -0.368 e. The van der Waals surface area contributed by atoms with Crippen molar-refractivity contribution >= 4 is 23.6 Å². The molecule has 2 saturated heterocycles. The van der Waals surface area contributed by atoms with Gasteiger partial charge in [0.2, 0.25) is 23.6 Å². The lowest BCUT2D eigenvalue weighted by Crippen LogP contribution is -2.60. The number of carbonyl (C=O) groups is 4. The van der Waals surface area contributed by atoms with Gasteiger partial charge in [-0.15, -0.1) is 0 Å². The molecule has 2 heterocycles. The predicted molar refractivity (Wildman–Crippen MR) is 175 cm³/mol. The molecule has 0 aliphatic carbocycles. The van der Waals surface area contributed by atoms with Gasteiger partial charge in [0.05, 0.1) is 6.04 Å². The van der Waals surface area contributed by atoms with Gasteiger partial charge in [0, 0.05) is 37.5 Å². The standard InChI is InChI=1S/C35H57N5O4/c1-10-25(35(7,8)24-16-12-11-13-17-24)31(42)37-29(34(4,5)6)33(44)38(9)28(23(2)3)22-39-20-14-19-27(39)32(43)40-21-15-18-26(40)30(36)41/h11-13,16-17,23,25-29H,10,14-15,18-22H2,1-9H3,(H2,36,41)(H,37,42)/t25-,26+,27+,28-,29-/m1/s1. The Morgan fingerprint density at radius 3 is 2.11 bits per heavy atom. The van der Waals surface area contributed by atoms with Gasteiger partial charge in [-0.1, -0.05) is 85.7 Å². The van der Waals surface area contributed by atoms with Crippen LogP contribution in [0.3, 0.4) is 0 Å². The zero-order valence-electron chi connectivity index (χ0n) is 28.6. The molecule has 9 nitrogen and oxygen atoms in total. The van der Waals surface area contributed by atoms with E-state index in [0.717, 1.165) is 31.4 Å². The Hall–Kier alpha value is -2.94. The van der Waals surface area contributed by atoms with Crippen LogP contribution < -0.4 is 11.1 Å². The first-order valence-corrected chi connectivity index (χ1v) is 16.5. The number of rotatable bonds is 12. The summed E-state index contributed by atoms with van der Waals surface area (Å²) in [6, 6.07) is 8.29. The van der Waals surface area contributed by atoms with E-state index in [9.17, 15) is 19.2 Å². The fourth-order valence-electron chi connectivity index (χ4n) is 7.21. The van der Waals surface area contributed by atoms with Crippen LogP contribution in [0.15, 0.2) is 30.3 Å². The molecular weight excluding hydrogens is 554 g/mol. The quantitative estimate of drug-likeness (QED) is 0.372. The molecule has 0 radical (unpaired) electrons. The third kappa shape index (κ3) is 7.82. The predicted octanol–water partition coefficient (Wildman–Crippen LogP) is 3.95. The highest BCUT2D eigenvalue weighted by molar-refractivity contribution is 5.90. The number of nitrogens with one attached hydrogen (secondary N) is 1. The lowest BCUT2D eigenvalue weighted by atomic mass is 9.71. The van der Waals surface area contributed by atoms with Crippen LogP contribution in [0.4, 0.5) is 0 Å². The molecule has 1 aromatic carbocycles. The molecule has 2 aliphatic rings. The van der Waals surface area contributed by atoms with Crippen LogP contribution in [0.5, 0.6) is 0 Å². The molecular formula is C35H57N5O4. The molecule has 0 bridgehead atoms. The monoisotopic (exact) mass is 611 g/mol. The van der Waals surface area contributed by atoms with Gasteiger partial charge in [-0.25, -0.2) is 0 Å². The molecule has 0 spiro atoms. The molecule has 44 heavy (non-hydrogen) atoms. The number of carbonyl (C=O) groups excluding carboxylic acids is 4. The molecule has 1 aromatic rings. The Morgan fingerprint density at radius 2 is 1.57 bits per heavy atom. The van der Waals surface area contributed by atoms with Crippen molar-refractivity contribution in [3.63, 3.8) is 0 Å². The molecule has 5 atom stereocenters. The summed E-state index contributed by atoms with van der Waals surface area (Å²) in [6.45, 7) is 18.2. The van der Waals surface area contributed by atoms with Gasteiger partial charge in [-0.05, 0) is 55.5 Å². The van der Waals surface area contributed by atoms with Crippen LogP contribution in [-0.4, -0.2) is 89.2 Å². The maximum absolute atomic E-state index is 14.3. The van der Waals surface area contributed by atoms with Crippen molar-refractivity contribution in [2.75, 3.05) is 26.7 Å². The summed E-state index contributed by atoms with van der Waals surface area (Å²) in [7, 11) is 1.82. The van der Waals surface area contributed by atoms with Crippen molar-refractivity contribution in [3.05, 3.63) is 35.9 Å². The largest absolute Gasteiger partial charge is 0.368 e. The Morgan fingerprint density at radius 1 is 0.977 bits per heavy atom. The molecule has 246 valence electrons. The van der Waals surface area contributed by atoms with Crippen LogP contribution in [0, 0.1) is 17.3 Å². The average molecular weight is 612 g/mol. The number of likely N-dealkylation sites (tertiary alicyclic amines) is 2. The molecule has 9 heteroatoms. The molecule has 2 fully saturated rings. The van der Waals surface area contributed by atoms with Gasteiger partial charge in [0.25, 0.3) is 0 Å². The lowest BCUT2D eigenvalue weighted by Gasteiger charge is -2.41. The minimum absolute atomic E-state index is 0.0354. The first kappa shape index (κ1) is 35.5. The van der Waals surface area contributed by atoms with E-state index >= 15 is 0 Å². The number of benzene rings is 1. The summed E-state index contributed by atoms with van der Waals surface area (Å²) in [6.07, 6.45) is 3.63. The van der Waals surface area contributed by atoms with Gasteiger partial charge in [-0.3, -0.25) is 24.1 Å². The zero-order chi connectivity index (χ0) is 33.0. The van der Waals surface area contributed by atoms with Crippen molar-refractivity contribution in [1.82, 2.24) is 20.0 Å². The van der Waals surface area contributed by atoms with E-state index in [1.165, 1.54) is 0 Å². The number of hydrogen-bond donors (Lipinski definition) is 2. The second-order valence-corrected chi connectivity index (χ2v) is 14.9. The summed E-state index contributed by atoms with van der Waals surface area (Å²) in [4.78, 5) is 59.4. The Bertz CT molecular complexity index is 1160. The fraction of sp³-hybridized carbons (Fsp3) is 0.714. The maximum atomic E-state index is 14.3. The van der Waals surface area contributed by atoms with E-state index < -0.39 is 28.8 Å². The Balaban J connectivity index is 1.79. The lowest BCUT2D eigenvalue weighted by molar-refractivity contribution is -0.144. The summed E-state index contributed by atoms with van der Waals surface area (Å²) in [5.41, 5.74) is 5.75. The fourth-order valence-corrected chi connectivity index (χ4v) is 7.21. The molecule has 0 unspecified atom stereocenters. The topological polar surface area (TPSA) is 116 Å². The average Bonchev–Trinajstić information content (AvgIpc) is 3.64. The first-order chi connectivity index (χ1) is 20.5. The van der Waals surface area contributed by atoms with Gasteiger partial charge >= 0.3 is 0 Å². The van der Waals surface area contributed by atoms with Gasteiger partial charge < -0.3 is 20.9 Å². The van der Waals surface area contributed by atoms with Crippen molar-refractivity contribution in [3.8, 4) is 0 Å². The van der Waals surface area contributed by atoms with Gasteiger partial charge in [0.15, 0.2) is 0 Å². The molecule has 3 rings (SSSR count). The van der Waals surface area contributed by atoms with E-state index in [0.29, 0.717) is 25.9 Å². The normalized spacial score (nSPS) is 21.6. The van der Waals surface area contributed by atoms with Gasteiger partial charge in [-0.2, -0.15) is 0 Å². The van der Waals surface area contributed by atoms with Crippen LogP contribution >= 0.6 is 0 Å². The van der Waals surface area contributed by atoms with Crippen molar-refractivity contribution in [2.45, 2.75) is 117 Å². The van der Waals surface area contributed by atoms with E-state index in [1.54, 1.807) is 9.80 Å². The minimum atomic E-state index is -0.723. The number of hydrogen-bond acceptors (Lipinski definition) is 5. The number of nitrogens with zero attached hydrogens (tertiary/aromatic N) is 3. The van der Waals surface area contributed by atoms with Crippen LogP contribution in [0.1, 0.15) is 93.1 Å². The smallest absolute Gasteiger partial charge is 0.245 e. The SMILES string of the molecule is CC[C@H](C(=O)N[C@H](C(=O)N(C)[C@H](CN1CCC[C@H]1C(=O)N1CCC[C@H]1C(N)=O)C(C)C)C(C)(C)C)C(C)(C)c1ccccc1. The molecule has 0 aromatic heterocycles. The zero-order valence-corrected chi connectivity index (χ0v) is 28.6. The highest BCUT2D eigenvalue weighted by Gasteiger charge is 2.44. The second-order valence-electron chi connectivity index (χ2n) is 14.9. The van der Waals surface area contributed by atoms with E-state index in [-0.39, 0.29) is 41.6 Å². The molecule has 0 saturated carbocycles. The highest BCUT2D eigenvalue weighted by Crippen LogP contribution is 2.35. The number of primary amides is 1. The third-order valence-corrected chi connectivity index (χ3v) is 10.1. The van der Waals surface area contributed by atoms with Crippen LogP contribution in [-0.2, 0) is 24.6 Å². The Kier molecular flexibility index (Phi) is 11.7. The van der Waals surface area contributed by atoms with E-state index in [4.69, 9.17) is 5.73 Å². The third-order valence-electron chi connectivity index (χ3n) is 10.1. The Labute approximate surface area is 265 Å². The molecule has 3 N–H and O–H groups in total. The van der Waals surface area contributed by atoms with Crippen LogP contribution in [0.25, 0.3) is 0 Å². The van der Waals surface area contributed by atoms with E-state index in [1.807, 2.05) is 52.9 Å². The second kappa shape index (κ2) is 14.4. The number of nitrogens with two attached hydrogens (primary N) is 1.